The highest BCUT2D eigenvalue weighted by Crippen LogP contribution is 2.33. The number of rotatable bonds is 8. The van der Waals surface area contributed by atoms with Crippen molar-refractivity contribution in [3.8, 4) is 22.8 Å². The molecule has 6 nitrogen and oxygen atoms in total. The minimum atomic E-state index is -0.797. The minimum absolute atomic E-state index is 0.116. The van der Waals surface area contributed by atoms with Gasteiger partial charge in [0, 0.05) is 24.2 Å². The van der Waals surface area contributed by atoms with E-state index in [2.05, 4.69) is 39.7 Å². The summed E-state index contributed by atoms with van der Waals surface area (Å²) in [6, 6.07) is 16.4. The highest BCUT2D eigenvalue weighted by molar-refractivity contribution is 5.66. The summed E-state index contributed by atoms with van der Waals surface area (Å²) >= 11 is 0. The lowest BCUT2D eigenvalue weighted by molar-refractivity contribution is -0.136. The highest BCUT2D eigenvalue weighted by Gasteiger charge is 2.16. The van der Waals surface area contributed by atoms with Crippen molar-refractivity contribution in [2.24, 2.45) is 0 Å². The molecule has 0 radical (unpaired) electrons. The van der Waals surface area contributed by atoms with Gasteiger partial charge >= 0.3 is 5.97 Å². The van der Waals surface area contributed by atoms with Crippen LogP contribution in [-0.4, -0.2) is 27.8 Å². The average Bonchev–Trinajstić information content (AvgIpc) is 3.28. The number of hydrogen-bond donors (Lipinski definition) is 2. The molecule has 0 amide bonds. The van der Waals surface area contributed by atoms with Gasteiger partial charge in [0.1, 0.15) is 0 Å². The Hall–Kier alpha value is -2.99. The van der Waals surface area contributed by atoms with E-state index in [1.807, 2.05) is 24.3 Å². The van der Waals surface area contributed by atoms with Crippen molar-refractivity contribution in [2.45, 2.75) is 51.0 Å². The van der Waals surface area contributed by atoms with E-state index in [9.17, 15) is 4.79 Å². The monoisotopic (exact) mass is 405 g/mol. The molecule has 0 saturated heterocycles. The summed E-state index contributed by atoms with van der Waals surface area (Å²) in [6.07, 6.45) is 6.71. The number of nitrogens with one attached hydrogen (secondary N) is 1. The van der Waals surface area contributed by atoms with Crippen molar-refractivity contribution in [2.75, 3.05) is 6.54 Å². The Kier molecular flexibility index (Phi) is 6.54. The van der Waals surface area contributed by atoms with Gasteiger partial charge in [-0.25, -0.2) is 0 Å². The summed E-state index contributed by atoms with van der Waals surface area (Å²) in [6.45, 7) is 1.07. The number of benzene rings is 2. The Bertz CT molecular complexity index is 958. The first-order valence-electron chi connectivity index (χ1n) is 10.6. The number of hydrogen-bond acceptors (Lipinski definition) is 5. The number of nitrogens with zero attached hydrogens (tertiary/aromatic N) is 2. The van der Waals surface area contributed by atoms with E-state index in [0.717, 1.165) is 16.7 Å². The molecule has 1 aromatic heterocycles. The lowest BCUT2D eigenvalue weighted by Crippen LogP contribution is -2.17. The Morgan fingerprint density at radius 1 is 1.00 bits per heavy atom. The molecule has 3 aromatic rings. The summed E-state index contributed by atoms with van der Waals surface area (Å²) in [7, 11) is 0. The predicted molar refractivity (Wildman–Crippen MR) is 115 cm³/mol. The highest BCUT2D eigenvalue weighted by atomic mass is 16.5. The second kappa shape index (κ2) is 9.67. The Morgan fingerprint density at radius 2 is 1.70 bits per heavy atom. The predicted octanol–water partition coefficient (Wildman–Crippen LogP) is 5.02. The Morgan fingerprint density at radius 3 is 2.40 bits per heavy atom. The molecule has 1 saturated carbocycles. The van der Waals surface area contributed by atoms with Crippen LogP contribution in [0.2, 0.25) is 0 Å². The van der Waals surface area contributed by atoms with Crippen molar-refractivity contribution in [1.29, 1.82) is 0 Å². The first kappa shape index (κ1) is 20.3. The van der Waals surface area contributed by atoms with Gasteiger partial charge < -0.3 is 14.9 Å². The van der Waals surface area contributed by atoms with Crippen molar-refractivity contribution in [1.82, 2.24) is 15.5 Å². The second-order valence-electron chi connectivity index (χ2n) is 7.90. The summed E-state index contributed by atoms with van der Waals surface area (Å²) in [5, 5.41) is 15.9. The molecule has 6 heteroatoms. The lowest BCUT2D eigenvalue weighted by Gasteiger charge is -2.21. The van der Waals surface area contributed by atoms with Crippen LogP contribution in [0.3, 0.4) is 0 Å². The topological polar surface area (TPSA) is 88.2 Å². The molecule has 4 rings (SSSR count). The van der Waals surface area contributed by atoms with E-state index >= 15 is 0 Å². The zero-order valence-corrected chi connectivity index (χ0v) is 17.0. The van der Waals surface area contributed by atoms with Crippen LogP contribution in [0.15, 0.2) is 53.1 Å². The number of carboxylic acid groups (broad SMARTS) is 1. The van der Waals surface area contributed by atoms with Gasteiger partial charge in [-0.15, -0.1) is 0 Å². The van der Waals surface area contributed by atoms with Crippen molar-refractivity contribution < 1.29 is 14.4 Å². The minimum Gasteiger partial charge on any atom is -0.481 e. The molecular formula is C24H27N3O3. The van der Waals surface area contributed by atoms with Crippen LogP contribution in [0.5, 0.6) is 0 Å². The van der Waals surface area contributed by atoms with Gasteiger partial charge in [0.15, 0.2) is 0 Å². The maximum absolute atomic E-state index is 10.5. The quantitative estimate of drug-likeness (QED) is 0.512. The van der Waals surface area contributed by atoms with Crippen molar-refractivity contribution in [3.63, 3.8) is 0 Å². The molecule has 156 valence electrons. The normalized spacial score (nSPS) is 14.7. The zero-order chi connectivity index (χ0) is 20.8. The van der Waals surface area contributed by atoms with Gasteiger partial charge in [-0.1, -0.05) is 60.8 Å². The number of carboxylic acids is 1. The number of aliphatic carboxylic acids is 1. The summed E-state index contributed by atoms with van der Waals surface area (Å²) in [5.74, 6) is 0.976. The van der Waals surface area contributed by atoms with Gasteiger partial charge in [0.05, 0.1) is 6.42 Å². The third-order valence-electron chi connectivity index (χ3n) is 5.72. The molecule has 2 aromatic carbocycles. The fraction of sp³-hybridized carbons (Fsp3) is 0.375. The van der Waals surface area contributed by atoms with E-state index in [1.165, 1.54) is 37.7 Å². The van der Waals surface area contributed by atoms with Gasteiger partial charge in [0.2, 0.25) is 5.82 Å². The van der Waals surface area contributed by atoms with Crippen LogP contribution in [0.1, 0.15) is 55.6 Å². The average molecular weight is 405 g/mol. The lowest BCUT2D eigenvalue weighted by atomic mass is 9.84. The molecule has 30 heavy (non-hydrogen) atoms. The molecule has 1 aliphatic carbocycles. The van der Waals surface area contributed by atoms with Crippen LogP contribution in [-0.2, 0) is 11.3 Å². The molecule has 2 N–H and O–H groups in total. The van der Waals surface area contributed by atoms with Crippen LogP contribution < -0.4 is 5.32 Å². The third kappa shape index (κ3) is 5.13. The maximum atomic E-state index is 10.5. The van der Waals surface area contributed by atoms with E-state index < -0.39 is 5.97 Å². The number of aromatic nitrogens is 2. The van der Waals surface area contributed by atoms with Crippen LogP contribution in [0, 0.1) is 0 Å². The summed E-state index contributed by atoms with van der Waals surface area (Å²) in [5.41, 5.74) is 4.31. The number of carbonyl (C=O) groups is 1. The second-order valence-corrected chi connectivity index (χ2v) is 7.90. The SMILES string of the molecule is O=C(O)CCNCc1ccc(-c2noc(-c3ccc(C4CCCCC4)cc3)n2)cc1. The van der Waals surface area contributed by atoms with Gasteiger partial charge in [-0.2, -0.15) is 4.98 Å². The first-order chi connectivity index (χ1) is 14.7. The van der Waals surface area contributed by atoms with E-state index in [0.29, 0.717) is 30.7 Å². The van der Waals surface area contributed by atoms with Crippen LogP contribution >= 0.6 is 0 Å². The molecular weight excluding hydrogens is 378 g/mol. The Labute approximate surface area is 176 Å². The van der Waals surface area contributed by atoms with Crippen molar-refractivity contribution in [3.05, 3.63) is 59.7 Å². The largest absolute Gasteiger partial charge is 0.481 e. The molecule has 0 bridgehead atoms. The molecule has 1 heterocycles. The van der Waals surface area contributed by atoms with Crippen LogP contribution in [0.25, 0.3) is 22.8 Å². The van der Waals surface area contributed by atoms with Gasteiger partial charge in [-0.05, 0) is 42.0 Å². The summed E-state index contributed by atoms with van der Waals surface area (Å²) < 4.78 is 5.49. The summed E-state index contributed by atoms with van der Waals surface area (Å²) in [4.78, 5) is 15.1. The fourth-order valence-electron chi connectivity index (χ4n) is 3.99. The molecule has 0 aliphatic heterocycles. The van der Waals surface area contributed by atoms with Gasteiger partial charge in [0.25, 0.3) is 5.89 Å². The zero-order valence-electron chi connectivity index (χ0n) is 17.0. The maximum Gasteiger partial charge on any atom is 0.304 e. The van der Waals surface area contributed by atoms with E-state index in [4.69, 9.17) is 9.63 Å². The smallest absolute Gasteiger partial charge is 0.304 e. The standard InChI is InChI=1S/C24H27N3O3/c28-22(29)14-15-25-16-17-6-8-20(9-7-17)23-26-24(30-27-23)21-12-10-19(11-13-21)18-4-2-1-3-5-18/h6-13,18,25H,1-5,14-16H2,(H,28,29). The third-order valence-corrected chi connectivity index (χ3v) is 5.72. The fourth-order valence-corrected chi connectivity index (χ4v) is 3.99. The molecule has 1 fully saturated rings. The van der Waals surface area contributed by atoms with Gasteiger partial charge in [-0.3, -0.25) is 4.79 Å². The molecule has 0 unspecified atom stereocenters. The van der Waals surface area contributed by atoms with E-state index in [1.54, 1.807) is 0 Å². The Balaban J connectivity index is 1.38. The van der Waals surface area contributed by atoms with Crippen LogP contribution in [0.4, 0.5) is 0 Å². The van der Waals surface area contributed by atoms with E-state index in [-0.39, 0.29) is 6.42 Å². The molecule has 0 atom stereocenters. The molecule has 1 aliphatic rings. The first-order valence-corrected chi connectivity index (χ1v) is 10.6. The molecule has 0 spiro atoms. The van der Waals surface area contributed by atoms with Crippen molar-refractivity contribution >= 4 is 5.97 Å².